The third-order valence-corrected chi connectivity index (χ3v) is 5.26. The molecule has 0 fully saturated rings. The Hall–Kier alpha value is -4.13. The van der Waals surface area contributed by atoms with Crippen molar-refractivity contribution in [2.24, 2.45) is 5.10 Å². The van der Waals surface area contributed by atoms with E-state index >= 15 is 0 Å². The molecule has 1 N–H and O–H groups in total. The molecule has 7 nitrogen and oxygen atoms in total. The van der Waals surface area contributed by atoms with Gasteiger partial charge in [0.25, 0.3) is 5.91 Å². The van der Waals surface area contributed by atoms with Crippen molar-refractivity contribution in [3.8, 4) is 17.2 Å². The highest BCUT2D eigenvalue weighted by Gasteiger charge is 2.16. The third kappa shape index (κ3) is 5.61. The van der Waals surface area contributed by atoms with Crippen LogP contribution in [0, 0.1) is 0 Å². The molecule has 0 unspecified atom stereocenters. The molecule has 0 atom stereocenters. The minimum Gasteiger partial charge on any atom is -0.486 e. The molecule has 1 aliphatic heterocycles. The Kier molecular flexibility index (Phi) is 6.63. The zero-order valence-electron chi connectivity index (χ0n) is 19.3. The fourth-order valence-electron chi connectivity index (χ4n) is 3.31. The summed E-state index contributed by atoms with van der Waals surface area (Å²) in [5.41, 5.74) is 5.29. The second-order valence-corrected chi connectivity index (χ2v) is 8.84. The number of ether oxygens (including phenoxy) is 3. The third-order valence-electron chi connectivity index (χ3n) is 5.26. The van der Waals surface area contributed by atoms with Gasteiger partial charge < -0.3 is 14.2 Å². The van der Waals surface area contributed by atoms with Crippen LogP contribution in [0.15, 0.2) is 71.8 Å². The van der Waals surface area contributed by atoms with Crippen molar-refractivity contribution < 1.29 is 23.8 Å². The number of nitrogens with one attached hydrogen (secondary N) is 1. The lowest BCUT2D eigenvalue weighted by Crippen LogP contribution is -2.19. The Bertz CT molecular complexity index is 1210. The first-order chi connectivity index (χ1) is 16.3. The van der Waals surface area contributed by atoms with Gasteiger partial charge in [0, 0.05) is 5.56 Å². The number of fused-ring (bicyclic) bond motifs is 1. The van der Waals surface area contributed by atoms with E-state index in [-0.39, 0.29) is 11.3 Å². The molecule has 1 amide bonds. The van der Waals surface area contributed by atoms with Crippen molar-refractivity contribution in [1.29, 1.82) is 0 Å². The number of carbonyl (C=O) groups is 2. The molecule has 3 aromatic rings. The first kappa shape index (κ1) is 23.0. The van der Waals surface area contributed by atoms with Gasteiger partial charge in [0.2, 0.25) is 0 Å². The van der Waals surface area contributed by atoms with Gasteiger partial charge in [-0.05, 0) is 71.1 Å². The quantitative estimate of drug-likeness (QED) is 0.258. The topological polar surface area (TPSA) is 86.2 Å². The van der Waals surface area contributed by atoms with Crippen LogP contribution >= 0.6 is 0 Å². The molecule has 34 heavy (non-hydrogen) atoms. The Morgan fingerprint density at radius 1 is 0.882 bits per heavy atom. The van der Waals surface area contributed by atoms with Gasteiger partial charge >= 0.3 is 5.97 Å². The van der Waals surface area contributed by atoms with E-state index in [4.69, 9.17) is 14.2 Å². The molecule has 7 heteroatoms. The molecule has 0 saturated heterocycles. The fraction of sp³-hybridized carbons (Fsp3) is 0.222. The highest BCUT2D eigenvalue weighted by molar-refractivity contribution is 5.95. The number of hydrogen-bond acceptors (Lipinski definition) is 6. The number of nitrogens with zero attached hydrogens (tertiary/aromatic N) is 1. The van der Waals surface area contributed by atoms with Gasteiger partial charge in [-0.1, -0.05) is 32.9 Å². The molecule has 3 aromatic carbocycles. The summed E-state index contributed by atoms with van der Waals surface area (Å²) in [6.45, 7) is 7.30. The molecule has 0 aromatic heterocycles. The molecule has 174 valence electrons. The molecule has 1 heterocycles. The maximum Gasteiger partial charge on any atom is 0.343 e. The highest BCUT2D eigenvalue weighted by atomic mass is 16.6. The Morgan fingerprint density at radius 2 is 1.53 bits per heavy atom. The van der Waals surface area contributed by atoms with Crippen LogP contribution in [-0.4, -0.2) is 31.3 Å². The van der Waals surface area contributed by atoms with Gasteiger partial charge in [0.15, 0.2) is 11.5 Å². The standard InChI is InChI=1S/C27H26N2O5/c1-27(2,3)21-9-6-19(7-10-21)26(31)34-22-11-4-18(5-12-22)17-28-29-25(30)20-8-13-23-24(16-20)33-15-14-32-23/h4-13,16-17H,14-15H2,1-3H3,(H,29,30)/b28-17-. The summed E-state index contributed by atoms with van der Waals surface area (Å²) in [4.78, 5) is 24.7. The Labute approximate surface area is 198 Å². The van der Waals surface area contributed by atoms with Crippen molar-refractivity contribution in [3.05, 3.63) is 89.0 Å². The van der Waals surface area contributed by atoms with Crippen molar-refractivity contribution in [2.75, 3.05) is 13.2 Å². The average Bonchev–Trinajstić information content (AvgIpc) is 2.84. The predicted octanol–water partition coefficient (Wildman–Crippen LogP) is 4.74. The second kappa shape index (κ2) is 9.79. The predicted molar refractivity (Wildman–Crippen MR) is 129 cm³/mol. The van der Waals surface area contributed by atoms with Crippen LogP contribution in [0.3, 0.4) is 0 Å². The Morgan fingerprint density at radius 3 is 2.21 bits per heavy atom. The lowest BCUT2D eigenvalue weighted by atomic mass is 9.87. The number of esters is 1. The number of hydrazone groups is 1. The lowest BCUT2D eigenvalue weighted by Gasteiger charge is -2.18. The maximum absolute atomic E-state index is 12.4. The van der Waals surface area contributed by atoms with Gasteiger partial charge in [-0.15, -0.1) is 0 Å². The van der Waals surface area contributed by atoms with E-state index in [0.29, 0.717) is 41.6 Å². The van der Waals surface area contributed by atoms with E-state index in [9.17, 15) is 9.59 Å². The molecule has 0 saturated carbocycles. The van der Waals surface area contributed by atoms with Crippen molar-refractivity contribution in [1.82, 2.24) is 5.43 Å². The zero-order valence-corrected chi connectivity index (χ0v) is 19.3. The molecule has 1 aliphatic rings. The summed E-state index contributed by atoms with van der Waals surface area (Å²) in [6.07, 6.45) is 1.51. The monoisotopic (exact) mass is 458 g/mol. The first-order valence-electron chi connectivity index (χ1n) is 11.0. The maximum atomic E-state index is 12.4. The largest absolute Gasteiger partial charge is 0.486 e. The molecule has 4 rings (SSSR count). The lowest BCUT2D eigenvalue weighted by molar-refractivity contribution is 0.0734. The zero-order chi connectivity index (χ0) is 24.1. The number of hydrogen-bond donors (Lipinski definition) is 1. The van der Waals surface area contributed by atoms with E-state index < -0.39 is 5.97 Å². The summed E-state index contributed by atoms with van der Waals surface area (Å²) in [6, 6.07) is 19.2. The summed E-state index contributed by atoms with van der Waals surface area (Å²) in [5.74, 6) is 0.791. The van der Waals surface area contributed by atoms with Gasteiger partial charge in [-0.2, -0.15) is 5.10 Å². The minimum absolute atomic E-state index is 0.0171. The van der Waals surface area contributed by atoms with Gasteiger partial charge in [0.05, 0.1) is 11.8 Å². The van der Waals surface area contributed by atoms with Gasteiger partial charge in [-0.25, -0.2) is 10.2 Å². The molecule has 0 radical (unpaired) electrons. The SMILES string of the molecule is CC(C)(C)c1ccc(C(=O)Oc2ccc(/C=N\NC(=O)c3ccc4c(c3)OCCO4)cc2)cc1. The summed E-state index contributed by atoms with van der Waals surface area (Å²) in [7, 11) is 0. The van der Waals surface area contributed by atoms with Gasteiger partial charge in [-0.3, -0.25) is 4.79 Å². The number of amides is 1. The fourth-order valence-corrected chi connectivity index (χ4v) is 3.31. The minimum atomic E-state index is -0.423. The van der Waals surface area contributed by atoms with Crippen LogP contribution in [-0.2, 0) is 5.41 Å². The Balaban J connectivity index is 1.32. The van der Waals surface area contributed by atoms with E-state index in [1.54, 1.807) is 54.6 Å². The summed E-state index contributed by atoms with van der Waals surface area (Å²) < 4.78 is 16.4. The van der Waals surface area contributed by atoms with E-state index in [2.05, 4.69) is 31.3 Å². The van der Waals surface area contributed by atoms with Crippen LogP contribution < -0.4 is 19.6 Å². The van der Waals surface area contributed by atoms with E-state index in [1.807, 2.05) is 12.1 Å². The normalized spacial score (nSPS) is 12.9. The molecule has 0 spiro atoms. The van der Waals surface area contributed by atoms with Crippen LogP contribution in [0.2, 0.25) is 0 Å². The van der Waals surface area contributed by atoms with E-state index in [0.717, 1.165) is 11.1 Å². The highest BCUT2D eigenvalue weighted by Crippen LogP contribution is 2.30. The van der Waals surface area contributed by atoms with Crippen molar-refractivity contribution >= 4 is 18.1 Å². The first-order valence-corrected chi connectivity index (χ1v) is 11.0. The molecular formula is C27H26N2O5. The number of rotatable bonds is 5. The number of benzene rings is 3. The smallest absolute Gasteiger partial charge is 0.343 e. The van der Waals surface area contributed by atoms with Crippen molar-refractivity contribution in [3.63, 3.8) is 0 Å². The molecule has 0 aliphatic carbocycles. The van der Waals surface area contributed by atoms with E-state index in [1.165, 1.54) is 6.21 Å². The van der Waals surface area contributed by atoms with Crippen molar-refractivity contribution in [2.45, 2.75) is 26.2 Å². The molecule has 0 bridgehead atoms. The second-order valence-electron chi connectivity index (χ2n) is 8.84. The summed E-state index contributed by atoms with van der Waals surface area (Å²) >= 11 is 0. The van der Waals surface area contributed by atoms with Crippen LogP contribution in [0.4, 0.5) is 0 Å². The average molecular weight is 459 g/mol. The van der Waals surface area contributed by atoms with Crippen LogP contribution in [0.5, 0.6) is 17.2 Å². The summed E-state index contributed by atoms with van der Waals surface area (Å²) in [5, 5.41) is 3.99. The van der Waals surface area contributed by atoms with Crippen LogP contribution in [0.25, 0.3) is 0 Å². The van der Waals surface area contributed by atoms with Gasteiger partial charge in [0.1, 0.15) is 19.0 Å². The van der Waals surface area contributed by atoms with Crippen LogP contribution in [0.1, 0.15) is 52.6 Å². The molecular weight excluding hydrogens is 432 g/mol. The number of carbonyl (C=O) groups excluding carboxylic acids is 2.